The topological polar surface area (TPSA) is 98.3 Å². The second-order valence-corrected chi connectivity index (χ2v) is 5.79. The number of hydrogen-bond acceptors (Lipinski definition) is 4. The van der Waals surface area contributed by atoms with Gasteiger partial charge in [0.1, 0.15) is 38.0 Å². The monoisotopic (exact) mass is 308 g/mol. The van der Waals surface area contributed by atoms with Gasteiger partial charge in [0.05, 0.1) is 19.4 Å². The molecule has 1 fully saturated rings. The van der Waals surface area contributed by atoms with Crippen LogP contribution in [-0.2, 0) is 9.59 Å². The maximum Gasteiger partial charge on any atom is 0.230 e. The van der Waals surface area contributed by atoms with Crippen LogP contribution in [-0.4, -0.2) is 56.3 Å². The summed E-state index contributed by atoms with van der Waals surface area (Å²) in [6.45, 7) is 3.21. The molecule has 22 heavy (non-hydrogen) atoms. The fourth-order valence-electron chi connectivity index (χ4n) is 2.68. The number of amides is 1. The van der Waals surface area contributed by atoms with Crippen molar-refractivity contribution in [1.82, 2.24) is 0 Å². The van der Waals surface area contributed by atoms with Crippen molar-refractivity contribution in [1.29, 1.82) is 0 Å². The molecular weight excluding hydrogens is 286 g/mol. The zero-order valence-corrected chi connectivity index (χ0v) is 12.6. The molecule has 0 spiro atoms. The van der Waals surface area contributed by atoms with Crippen LogP contribution in [0.4, 0.5) is 5.69 Å². The zero-order chi connectivity index (χ0) is 16.1. The first-order valence-corrected chi connectivity index (χ1v) is 7.41. The fraction of sp³-hybridized carbons (Fsp3) is 0.467. The molecule has 7 heteroatoms. The van der Waals surface area contributed by atoms with E-state index in [1.807, 2.05) is 0 Å². The lowest BCUT2D eigenvalue weighted by Crippen LogP contribution is -3.29. The van der Waals surface area contributed by atoms with Crippen molar-refractivity contribution in [3.63, 3.8) is 0 Å². The SMILES string of the molecule is C[NH+]1CC[NH+]([C@H](CC(=O)Nc2ccc(O)cc2)C(=O)[O-])CC1. The number of carboxylic acids is 1. The summed E-state index contributed by atoms with van der Waals surface area (Å²) in [5.41, 5.74) is 0.526. The number of phenols is 1. The highest BCUT2D eigenvalue weighted by Crippen LogP contribution is 2.13. The lowest BCUT2D eigenvalue weighted by Gasteiger charge is -2.33. The van der Waals surface area contributed by atoms with Gasteiger partial charge in [-0.2, -0.15) is 0 Å². The van der Waals surface area contributed by atoms with Crippen molar-refractivity contribution in [3.05, 3.63) is 24.3 Å². The normalized spacial score (nSPS) is 22.8. The number of nitrogens with one attached hydrogen (secondary N) is 3. The molecule has 1 aromatic carbocycles. The number of phenolic OH excluding ortho intramolecular Hbond substituents is 1. The summed E-state index contributed by atoms with van der Waals surface area (Å²) in [4.78, 5) is 25.7. The van der Waals surface area contributed by atoms with E-state index in [1.165, 1.54) is 17.0 Å². The van der Waals surface area contributed by atoms with Gasteiger partial charge >= 0.3 is 0 Å². The van der Waals surface area contributed by atoms with Crippen molar-refractivity contribution < 1.29 is 29.6 Å². The van der Waals surface area contributed by atoms with Gasteiger partial charge in [0.2, 0.25) is 5.91 Å². The fourth-order valence-corrected chi connectivity index (χ4v) is 2.68. The molecule has 1 heterocycles. The summed E-state index contributed by atoms with van der Waals surface area (Å²) < 4.78 is 0. The molecule has 1 amide bonds. The van der Waals surface area contributed by atoms with Gasteiger partial charge in [-0.3, -0.25) is 4.79 Å². The summed E-state index contributed by atoms with van der Waals surface area (Å²) >= 11 is 0. The predicted molar refractivity (Wildman–Crippen MR) is 77.5 cm³/mol. The molecular formula is C15H22N3O4+. The second kappa shape index (κ2) is 7.24. The molecule has 0 saturated carbocycles. The molecule has 0 bridgehead atoms. The Morgan fingerprint density at radius 1 is 1.23 bits per heavy atom. The number of carbonyl (C=O) groups is 2. The number of quaternary nitrogens is 2. The van der Waals surface area contributed by atoms with E-state index in [0.29, 0.717) is 5.69 Å². The molecule has 1 saturated heterocycles. The largest absolute Gasteiger partial charge is 0.544 e. The van der Waals surface area contributed by atoms with Crippen LogP contribution >= 0.6 is 0 Å². The van der Waals surface area contributed by atoms with E-state index in [-0.39, 0.29) is 18.1 Å². The number of hydrogen-bond donors (Lipinski definition) is 4. The van der Waals surface area contributed by atoms with E-state index < -0.39 is 12.0 Å². The third-order valence-electron chi connectivity index (χ3n) is 4.06. The number of benzene rings is 1. The molecule has 1 atom stereocenters. The summed E-state index contributed by atoms with van der Waals surface area (Å²) in [7, 11) is 2.07. The Balaban J connectivity index is 1.94. The first-order valence-electron chi connectivity index (χ1n) is 7.41. The van der Waals surface area contributed by atoms with Gasteiger partial charge in [0, 0.05) is 5.69 Å². The highest BCUT2D eigenvalue weighted by atomic mass is 16.4. The van der Waals surface area contributed by atoms with E-state index in [1.54, 1.807) is 12.1 Å². The van der Waals surface area contributed by atoms with Gasteiger partial charge in [0.25, 0.3) is 0 Å². The van der Waals surface area contributed by atoms with Gasteiger partial charge in [-0.25, -0.2) is 0 Å². The van der Waals surface area contributed by atoms with Crippen LogP contribution < -0.4 is 20.2 Å². The van der Waals surface area contributed by atoms with Gasteiger partial charge < -0.3 is 30.1 Å². The van der Waals surface area contributed by atoms with E-state index in [4.69, 9.17) is 0 Å². The molecule has 0 unspecified atom stereocenters. The van der Waals surface area contributed by atoms with Crippen LogP contribution in [0.15, 0.2) is 24.3 Å². The van der Waals surface area contributed by atoms with Gasteiger partial charge in [-0.15, -0.1) is 0 Å². The van der Waals surface area contributed by atoms with Crippen molar-refractivity contribution in [2.45, 2.75) is 12.5 Å². The van der Waals surface area contributed by atoms with Gasteiger partial charge in [0.15, 0.2) is 0 Å². The molecule has 0 aromatic heterocycles. The van der Waals surface area contributed by atoms with Crippen molar-refractivity contribution >= 4 is 17.6 Å². The van der Waals surface area contributed by atoms with Crippen molar-refractivity contribution in [2.24, 2.45) is 0 Å². The molecule has 1 aliphatic heterocycles. The Morgan fingerprint density at radius 3 is 2.36 bits per heavy atom. The minimum Gasteiger partial charge on any atom is -0.544 e. The Hall–Kier alpha value is -2.12. The van der Waals surface area contributed by atoms with E-state index in [2.05, 4.69) is 12.4 Å². The molecule has 1 aromatic rings. The Morgan fingerprint density at radius 2 is 1.82 bits per heavy atom. The Labute approximate surface area is 129 Å². The number of piperazine rings is 1. The predicted octanol–water partition coefficient (Wildman–Crippen LogP) is -3.75. The number of carboxylic acid groups (broad SMARTS) is 1. The third kappa shape index (κ3) is 4.44. The lowest BCUT2D eigenvalue weighted by atomic mass is 10.1. The molecule has 0 aliphatic carbocycles. The summed E-state index contributed by atoms with van der Waals surface area (Å²) in [6.07, 6.45) is -0.114. The average Bonchev–Trinajstić information content (AvgIpc) is 2.48. The van der Waals surface area contributed by atoms with Crippen LogP contribution in [0.1, 0.15) is 6.42 Å². The van der Waals surface area contributed by atoms with Crippen LogP contribution in [0.2, 0.25) is 0 Å². The van der Waals surface area contributed by atoms with Crippen molar-refractivity contribution in [2.75, 3.05) is 38.5 Å². The highest BCUT2D eigenvalue weighted by Gasteiger charge is 2.30. The molecule has 1 aliphatic rings. The minimum absolute atomic E-state index is 0.106. The standard InChI is InChI=1S/C15H21N3O4/c1-17-6-8-18(9-7-17)13(15(21)22)10-14(20)16-11-2-4-12(19)5-3-11/h2-5,13,19H,6-10H2,1H3,(H,16,20)(H,21,22)/p+1/t13-/m1/s1. The number of anilines is 1. The zero-order valence-electron chi connectivity index (χ0n) is 12.6. The number of aliphatic carboxylic acids is 1. The molecule has 2 rings (SSSR count). The Bertz CT molecular complexity index is 524. The third-order valence-corrected chi connectivity index (χ3v) is 4.06. The summed E-state index contributed by atoms with van der Waals surface area (Å²) in [6, 6.07) is 5.21. The number of rotatable bonds is 5. The quantitative estimate of drug-likeness (QED) is 0.420. The van der Waals surface area contributed by atoms with Crippen molar-refractivity contribution in [3.8, 4) is 5.75 Å². The smallest absolute Gasteiger partial charge is 0.230 e. The highest BCUT2D eigenvalue weighted by molar-refractivity contribution is 5.93. The van der Waals surface area contributed by atoms with E-state index >= 15 is 0 Å². The number of aromatic hydroxyl groups is 1. The van der Waals surface area contributed by atoms with E-state index in [9.17, 15) is 19.8 Å². The first-order chi connectivity index (χ1) is 10.5. The lowest BCUT2D eigenvalue weighted by molar-refractivity contribution is -1.01. The number of likely N-dealkylation sites (N-methyl/N-ethyl adjacent to an activating group) is 1. The van der Waals surface area contributed by atoms with Crippen LogP contribution in [0, 0.1) is 0 Å². The second-order valence-electron chi connectivity index (χ2n) is 5.79. The molecule has 0 radical (unpaired) electrons. The molecule has 120 valence electrons. The maximum atomic E-state index is 12.0. The van der Waals surface area contributed by atoms with Gasteiger partial charge in [-0.1, -0.05) is 0 Å². The average molecular weight is 308 g/mol. The Kier molecular flexibility index (Phi) is 5.35. The molecule has 7 nitrogen and oxygen atoms in total. The maximum absolute atomic E-state index is 12.0. The minimum atomic E-state index is -1.18. The van der Waals surface area contributed by atoms with Crippen LogP contribution in [0.5, 0.6) is 5.75 Å². The van der Waals surface area contributed by atoms with Gasteiger partial charge in [-0.05, 0) is 24.3 Å². The van der Waals surface area contributed by atoms with Crippen LogP contribution in [0.3, 0.4) is 0 Å². The number of carbonyl (C=O) groups excluding carboxylic acids is 2. The summed E-state index contributed by atoms with van der Waals surface area (Å²) in [5, 5.41) is 23.2. The van der Waals surface area contributed by atoms with Crippen LogP contribution in [0.25, 0.3) is 0 Å². The van der Waals surface area contributed by atoms with E-state index in [0.717, 1.165) is 31.1 Å². The molecule has 4 N–H and O–H groups in total. The first kappa shape index (κ1) is 16.3. The summed E-state index contributed by atoms with van der Waals surface area (Å²) in [5.74, 6) is -1.44.